The predicted molar refractivity (Wildman–Crippen MR) is 118 cm³/mol. The molecule has 1 amide bonds. The van der Waals surface area contributed by atoms with Crippen LogP contribution < -0.4 is 15.4 Å². The van der Waals surface area contributed by atoms with E-state index >= 15 is 0 Å². The Morgan fingerprint density at radius 2 is 1.76 bits per heavy atom. The van der Waals surface area contributed by atoms with Gasteiger partial charge >= 0.3 is 0 Å². The van der Waals surface area contributed by atoms with E-state index < -0.39 is 6.10 Å². The maximum absolute atomic E-state index is 12.3. The molecule has 0 aliphatic carbocycles. The number of aliphatic hydroxyl groups is 1. The smallest absolute Gasteiger partial charge is 0.251 e. The summed E-state index contributed by atoms with van der Waals surface area (Å²) in [6.45, 7) is 8.82. The van der Waals surface area contributed by atoms with Gasteiger partial charge in [0.2, 0.25) is 0 Å². The van der Waals surface area contributed by atoms with E-state index in [4.69, 9.17) is 4.74 Å². The van der Waals surface area contributed by atoms with Gasteiger partial charge in [0.05, 0.1) is 6.10 Å². The van der Waals surface area contributed by atoms with Gasteiger partial charge in [-0.25, -0.2) is 0 Å². The van der Waals surface area contributed by atoms with Gasteiger partial charge in [-0.3, -0.25) is 4.79 Å². The minimum Gasteiger partial charge on any atom is -0.489 e. The SMILES string of the molecule is CC(C)(C)c1ccc(OCc2ccc(C(=O)NCC3CNCC3O)cc2)cc1.Cl. The largest absolute Gasteiger partial charge is 0.489 e. The van der Waals surface area contributed by atoms with Crippen molar-refractivity contribution in [1.29, 1.82) is 0 Å². The lowest BCUT2D eigenvalue weighted by atomic mass is 9.87. The number of ether oxygens (including phenoxy) is 1. The quantitative estimate of drug-likeness (QED) is 0.673. The Bertz CT molecular complexity index is 785. The first-order chi connectivity index (χ1) is 13.3. The van der Waals surface area contributed by atoms with E-state index in [0.29, 0.717) is 25.3 Å². The van der Waals surface area contributed by atoms with Crippen LogP contribution in [0.3, 0.4) is 0 Å². The number of benzene rings is 2. The van der Waals surface area contributed by atoms with Crippen LogP contribution >= 0.6 is 12.4 Å². The third-order valence-corrected chi connectivity index (χ3v) is 5.17. The highest BCUT2D eigenvalue weighted by Crippen LogP contribution is 2.24. The van der Waals surface area contributed by atoms with Crippen molar-refractivity contribution in [2.45, 2.75) is 38.9 Å². The van der Waals surface area contributed by atoms with Crippen LogP contribution in [0.4, 0.5) is 0 Å². The van der Waals surface area contributed by atoms with Crippen LogP contribution in [0.15, 0.2) is 48.5 Å². The van der Waals surface area contributed by atoms with E-state index in [1.165, 1.54) is 5.56 Å². The van der Waals surface area contributed by atoms with E-state index in [2.05, 4.69) is 43.5 Å². The van der Waals surface area contributed by atoms with Gasteiger partial charge in [-0.2, -0.15) is 0 Å². The summed E-state index contributed by atoms with van der Waals surface area (Å²) in [6.07, 6.45) is -0.391. The van der Waals surface area contributed by atoms with Crippen LogP contribution in [-0.2, 0) is 12.0 Å². The Hall–Kier alpha value is -2.08. The fourth-order valence-electron chi connectivity index (χ4n) is 3.22. The summed E-state index contributed by atoms with van der Waals surface area (Å²) in [5.74, 6) is 0.782. The normalized spacial score (nSPS) is 18.8. The second-order valence-electron chi connectivity index (χ2n) is 8.46. The molecule has 1 aliphatic heterocycles. The molecule has 6 heteroatoms. The summed E-state index contributed by atoms with van der Waals surface area (Å²) in [7, 11) is 0. The molecular formula is C23H31ClN2O3. The maximum Gasteiger partial charge on any atom is 0.251 e. The van der Waals surface area contributed by atoms with Crippen molar-refractivity contribution < 1.29 is 14.6 Å². The average molecular weight is 419 g/mol. The Kier molecular flexibility index (Phi) is 8.08. The number of carbonyl (C=O) groups is 1. The summed E-state index contributed by atoms with van der Waals surface area (Å²) in [5, 5.41) is 15.8. The van der Waals surface area contributed by atoms with Crippen molar-refractivity contribution in [2.75, 3.05) is 19.6 Å². The number of hydrogen-bond donors (Lipinski definition) is 3. The second kappa shape index (κ2) is 10.1. The van der Waals surface area contributed by atoms with E-state index in [0.717, 1.165) is 17.9 Å². The van der Waals surface area contributed by atoms with E-state index in [-0.39, 0.29) is 29.6 Å². The molecule has 1 heterocycles. The summed E-state index contributed by atoms with van der Waals surface area (Å²) >= 11 is 0. The number of amides is 1. The minimum absolute atomic E-state index is 0. The third kappa shape index (κ3) is 6.46. The molecule has 2 unspecified atom stereocenters. The molecule has 158 valence electrons. The molecule has 0 spiro atoms. The van der Waals surface area contributed by atoms with E-state index in [1.54, 1.807) is 12.1 Å². The summed E-state index contributed by atoms with van der Waals surface area (Å²) in [6, 6.07) is 15.6. The van der Waals surface area contributed by atoms with E-state index in [9.17, 15) is 9.90 Å². The van der Waals surface area contributed by atoms with Crippen molar-refractivity contribution in [3.05, 3.63) is 65.2 Å². The van der Waals surface area contributed by atoms with Crippen LogP contribution in [-0.4, -0.2) is 36.8 Å². The van der Waals surface area contributed by atoms with Gasteiger partial charge in [-0.1, -0.05) is 45.0 Å². The zero-order valence-electron chi connectivity index (χ0n) is 17.3. The van der Waals surface area contributed by atoms with Gasteiger partial charge in [-0.05, 0) is 40.8 Å². The number of aliphatic hydroxyl groups excluding tert-OH is 1. The number of hydrogen-bond acceptors (Lipinski definition) is 4. The topological polar surface area (TPSA) is 70.6 Å². The number of β-amino-alcohol motifs (C(OH)–C–C–N with tert-alkyl or cyclic N) is 1. The number of halogens is 1. The van der Waals surface area contributed by atoms with Gasteiger partial charge in [0.25, 0.3) is 5.91 Å². The Balaban J connectivity index is 0.00000300. The molecule has 2 aromatic carbocycles. The van der Waals surface area contributed by atoms with Gasteiger partial charge in [0, 0.05) is 31.1 Å². The molecule has 1 fully saturated rings. The summed E-state index contributed by atoms with van der Waals surface area (Å²) < 4.78 is 5.85. The first kappa shape index (κ1) is 23.2. The second-order valence-corrected chi connectivity index (χ2v) is 8.46. The number of carbonyl (C=O) groups excluding carboxylic acids is 1. The van der Waals surface area contributed by atoms with Crippen LogP contribution in [0.1, 0.15) is 42.3 Å². The van der Waals surface area contributed by atoms with Gasteiger partial charge in [0.1, 0.15) is 12.4 Å². The van der Waals surface area contributed by atoms with Crippen molar-refractivity contribution in [2.24, 2.45) is 5.92 Å². The van der Waals surface area contributed by atoms with Crippen molar-refractivity contribution in [3.63, 3.8) is 0 Å². The van der Waals surface area contributed by atoms with Crippen LogP contribution in [0, 0.1) is 5.92 Å². The van der Waals surface area contributed by atoms with Gasteiger partial charge in [0.15, 0.2) is 0 Å². The van der Waals surface area contributed by atoms with Gasteiger partial charge in [-0.15, -0.1) is 12.4 Å². The van der Waals surface area contributed by atoms with Crippen molar-refractivity contribution >= 4 is 18.3 Å². The fraction of sp³-hybridized carbons (Fsp3) is 0.435. The van der Waals surface area contributed by atoms with Crippen LogP contribution in [0.25, 0.3) is 0 Å². The first-order valence-electron chi connectivity index (χ1n) is 9.82. The number of rotatable bonds is 6. The highest BCUT2D eigenvalue weighted by molar-refractivity contribution is 5.94. The van der Waals surface area contributed by atoms with E-state index in [1.807, 2.05) is 24.3 Å². The molecule has 0 bridgehead atoms. The first-order valence-corrected chi connectivity index (χ1v) is 9.82. The Labute approximate surface area is 179 Å². The molecule has 0 saturated carbocycles. The molecule has 0 radical (unpaired) electrons. The molecular weight excluding hydrogens is 388 g/mol. The lowest BCUT2D eigenvalue weighted by Crippen LogP contribution is -2.34. The molecule has 3 rings (SSSR count). The molecule has 5 nitrogen and oxygen atoms in total. The fourth-order valence-corrected chi connectivity index (χ4v) is 3.22. The Morgan fingerprint density at radius 3 is 2.31 bits per heavy atom. The number of nitrogens with one attached hydrogen (secondary N) is 2. The monoisotopic (exact) mass is 418 g/mol. The zero-order valence-corrected chi connectivity index (χ0v) is 18.1. The molecule has 3 N–H and O–H groups in total. The average Bonchev–Trinajstić information content (AvgIpc) is 3.09. The third-order valence-electron chi connectivity index (χ3n) is 5.17. The van der Waals surface area contributed by atoms with Gasteiger partial charge < -0.3 is 20.5 Å². The minimum atomic E-state index is -0.391. The molecule has 1 aliphatic rings. The standard InChI is InChI=1S/C23H30N2O3.ClH/c1-23(2,3)19-8-10-20(11-9-19)28-15-16-4-6-17(7-5-16)22(27)25-13-18-12-24-14-21(18)26;/h4-11,18,21,24,26H,12-15H2,1-3H3,(H,25,27);1H. The lowest BCUT2D eigenvalue weighted by Gasteiger charge is -2.19. The zero-order chi connectivity index (χ0) is 20.1. The molecule has 2 aromatic rings. The molecule has 1 saturated heterocycles. The summed E-state index contributed by atoms with van der Waals surface area (Å²) in [5.41, 5.74) is 3.02. The van der Waals surface area contributed by atoms with Crippen molar-refractivity contribution in [1.82, 2.24) is 10.6 Å². The van der Waals surface area contributed by atoms with Crippen LogP contribution in [0.5, 0.6) is 5.75 Å². The van der Waals surface area contributed by atoms with Crippen LogP contribution in [0.2, 0.25) is 0 Å². The highest BCUT2D eigenvalue weighted by Gasteiger charge is 2.25. The maximum atomic E-state index is 12.3. The highest BCUT2D eigenvalue weighted by atomic mass is 35.5. The predicted octanol–water partition coefficient (Wildman–Crippen LogP) is 3.30. The molecule has 0 aromatic heterocycles. The van der Waals surface area contributed by atoms with Crippen molar-refractivity contribution in [3.8, 4) is 5.75 Å². The molecule has 2 atom stereocenters. The lowest BCUT2D eigenvalue weighted by molar-refractivity contribution is 0.0927. The molecule has 29 heavy (non-hydrogen) atoms. The Morgan fingerprint density at radius 1 is 1.10 bits per heavy atom. The summed E-state index contributed by atoms with van der Waals surface area (Å²) in [4.78, 5) is 12.3.